The summed E-state index contributed by atoms with van der Waals surface area (Å²) in [6, 6.07) is 27.0. The molecular weight excluding hydrogens is 432 g/mol. The smallest absolute Gasteiger partial charge is 0.228 e. The monoisotopic (exact) mass is 464 g/mol. The lowest BCUT2D eigenvalue weighted by molar-refractivity contribution is -0.115. The highest BCUT2D eigenvalue weighted by molar-refractivity contribution is 5.94. The van der Waals surface area contributed by atoms with E-state index in [2.05, 4.69) is 70.6 Å². The van der Waals surface area contributed by atoms with E-state index >= 15 is 0 Å². The van der Waals surface area contributed by atoms with Gasteiger partial charge in [-0.3, -0.25) is 14.7 Å². The summed E-state index contributed by atoms with van der Waals surface area (Å²) < 4.78 is 0. The Balaban J connectivity index is 1.17. The number of piperazine rings is 1. The van der Waals surface area contributed by atoms with E-state index in [0.29, 0.717) is 6.42 Å². The minimum Gasteiger partial charge on any atom is -0.369 e. The number of para-hydroxylation sites is 1. The molecule has 4 aromatic rings. The van der Waals surface area contributed by atoms with E-state index in [1.54, 1.807) is 0 Å². The maximum absolute atomic E-state index is 12.8. The normalized spacial score (nSPS) is 14.3. The Bertz CT molecular complexity index is 1310. The maximum Gasteiger partial charge on any atom is 0.228 e. The van der Waals surface area contributed by atoms with E-state index in [4.69, 9.17) is 4.98 Å². The van der Waals surface area contributed by atoms with Crippen LogP contribution in [0.5, 0.6) is 0 Å². The number of hydrogen-bond donors (Lipinski definition) is 1. The Morgan fingerprint density at radius 2 is 1.54 bits per heavy atom. The number of fused-ring (bicyclic) bond motifs is 1. The lowest BCUT2D eigenvalue weighted by atomic mass is 9.99. The first-order valence-electron chi connectivity index (χ1n) is 12.3. The highest BCUT2D eigenvalue weighted by Crippen LogP contribution is 2.24. The summed E-state index contributed by atoms with van der Waals surface area (Å²) in [7, 11) is 0. The number of anilines is 2. The molecule has 5 heteroatoms. The summed E-state index contributed by atoms with van der Waals surface area (Å²) in [5, 5.41) is 4.17. The molecule has 0 radical (unpaired) electrons. The number of carbonyl (C=O) groups excluding carboxylic acids is 1. The largest absolute Gasteiger partial charge is 0.369 e. The van der Waals surface area contributed by atoms with Gasteiger partial charge in [0, 0.05) is 55.2 Å². The van der Waals surface area contributed by atoms with Crippen molar-refractivity contribution in [1.82, 2.24) is 9.88 Å². The molecule has 1 aliphatic heterocycles. The Hall–Kier alpha value is -3.70. The molecule has 0 atom stereocenters. The Morgan fingerprint density at radius 3 is 2.29 bits per heavy atom. The predicted octanol–water partition coefficient (Wildman–Crippen LogP) is 5.36. The van der Waals surface area contributed by atoms with Crippen LogP contribution >= 0.6 is 0 Å². The van der Waals surface area contributed by atoms with Crippen molar-refractivity contribution < 1.29 is 4.79 Å². The lowest BCUT2D eigenvalue weighted by Crippen LogP contribution is -2.45. The third-order valence-electron chi connectivity index (χ3n) is 6.96. The van der Waals surface area contributed by atoms with Crippen LogP contribution in [0.2, 0.25) is 0 Å². The maximum atomic E-state index is 12.8. The van der Waals surface area contributed by atoms with Crippen LogP contribution in [-0.4, -0.2) is 42.0 Å². The van der Waals surface area contributed by atoms with E-state index in [9.17, 15) is 4.79 Å². The topological polar surface area (TPSA) is 48.5 Å². The molecule has 1 aromatic heterocycles. The molecule has 5 nitrogen and oxygen atoms in total. The number of carbonyl (C=O) groups is 1. The molecule has 1 saturated heterocycles. The van der Waals surface area contributed by atoms with Crippen LogP contribution in [0.1, 0.15) is 22.4 Å². The second kappa shape index (κ2) is 10.3. The first kappa shape index (κ1) is 23.1. The van der Waals surface area contributed by atoms with Crippen molar-refractivity contribution in [3.8, 4) is 0 Å². The van der Waals surface area contributed by atoms with Crippen LogP contribution in [-0.2, 0) is 17.8 Å². The molecule has 3 aromatic carbocycles. The van der Waals surface area contributed by atoms with Crippen LogP contribution in [0, 0.1) is 13.8 Å². The molecule has 0 spiro atoms. The fourth-order valence-electron chi connectivity index (χ4n) is 4.96. The fraction of sp³-hybridized carbons (Fsp3) is 0.267. The van der Waals surface area contributed by atoms with Gasteiger partial charge in [0.25, 0.3) is 0 Å². The number of pyridine rings is 1. The standard InChI is InChI=1S/C30H32N4O/c1-22-27-10-6-7-11-29(27)31-23(2)28(22)20-30(35)32-25-12-14-26(15-13-25)34-18-16-33(17-19-34)21-24-8-4-3-5-9-24/h3-15H,16-21H2,1-2H3,(H,32,35). The van der Waals surface area contributed by atoms with Gasteiger partial charge >= 0.3 is 0 Å². The second-order valence-corrected chi connectivity index (χ2v) is 9.34. The third kappa shape index (κ3) is 5.36. The summed E-state index contributed by atoms with van der Waals surface area (Å²) >= 11 is 0. The highest BCUT2D eigenvalue weighted by atomic mass is 16.1. The molecule has 1 amide bonds. The minimum atomic E-state index is -0.0180. The molecule has 2 heterocycles. The molecule has 5 rings (SSSR count). The van der Waals surface area contributed by atoms with E-state index < -0.39 is 0 Å². The quantitative estimate of drug-likeness (QED) is 0.418. The van der Waals surface area contributed by atoms with Crippen LogP contribution in [0.25, 0.3) is 10.9 Å². The van der Waals surface area contributed by atoms with Crippen molar-refractivity contribution in [1.29, 1.82) is 0 Å². The summed E-state index contributed by atoms with van der Waals surface area (Å²) in [6.07, 6.45) is 0.320. The van der Waals surface area contributed by atoms with Crippen molar-refractivity contribution in [3.05, 3.63) is 101 Å². The van der Waals surface area contributed by atoms with Gasteiger partial charge < -0.3 is 10.2 Å². The van der Waals surface area contributed by atoms with Gasteiger partial charge in [-0.15, -0.1) is 0 Å². The summed E-state index contributed by atoms with van der Waals surface area (Å²) in [4.78, 5) is 22.5. The van der Waals surface area contributed by atoms with E-state index in [-0.39, 0.29) is 5.91 Å². The van der Waals surface area contributed by atoms with Gasteiger partial charge in [-0.1, -0.05) is 48.5 Å². The average molecular weight is 465 g/mol. The number of nitrogens with one attached hydrogen (secondary N) is 1. The fourth-order valence-corrected chi connectivity index (χ4v) is 4.96. The zero-order valence-corrected chi connectivity index (χ0v) is 20.5. The average Bonchev–Trinajstić information content (AvgIpc) is 2.88. The number of nitrogens with zero attached hydrogens (tertiary/aromatic N) is 3. The Kier molecular flexibility index (Phi) is 6.77. The molecule has 35 heavy (non-hydrogen) atoms. The van der Waals surface area contributed by atoms with Crippen molar-refractivity contribution in [2.75, 3.05) is 36.4 Å². The van der Waals surface area contributed by atoms with E-state index in [0.717, 1.165) is 66.1 Å². The number of benzene rings is 3. The molecule has 0 aliphatic carbocycles. The predicted molar refractivity (Wildman–Crippen MR) is 144 cm³/mol. The van der Waals surface area contributed by atoms with Gasteiger partial charge in [-0.05, 0) is 60.9 Å². The highest BCUT2D eigenvalue weighted by Gasteiger charge is 2.18. The summed E-state index contributed by atoms with van der Waals surface area (Å²) in [5.74, 6) is -0.0180. The minimum absolute atomic E-state index is 0.0180. The van der Waals surface area contributed by atoms with Crippen LogP contribution in [0.3, 0.4) is 0 Å². The van der Waals surface area contributed by atoms with Gasteiger partial charge in [0.05, 0.1) is 11.9 Å². The van der Waals surface area contributed by atoms with Crippen molar-refractivity contribution in [2.45, 2.75) is 26.8 Å². The number of aryl methyl sites for hydroxylation is 2. The van der Waals surface area contributed by atoms with Crippen molar-refractivity contribution in [3.63, 3.8) is 0 Å². The van der Waals surface area contributed by atoms with E-state index in [1.165, 1.54) is 11.3 Å². The molecule has 1 N–H and O–H groups in total. The molecule has 0 bridgehead atoms. The van der Waals surface area contributed by atoms with Crippen LogP contribution in [0.15, 0.2) is 78.9 Å². The Labute approximate surface area is 207 Å². The number of hydrogen-bond acceptors (Lipinski definition) is 4. The van der Waals surface area contributed by atoms with E-state index in [1.807, 2.05) is 37.3 Å². The summed E-state index contributed by atoms with van der Waals surface area (Å²) in [5.41, 5.74) is 7.42. The van der Waals surface area contributed by atoms with Gasteiger partial charge in [0.1, 0.15) is 0 Å². The number of rotatable bonds is 6. The van der Waals surface area contributed by atoms with Gasteiger partial charge in [0.2, 0.25) is 5.91 Å². The zero-order chi connectivity index (χ0) is 24.2. The molecule has 1 fully saturated rings. The first-order valence-corrected chi connectivity index (χ1v) is 12.3. The first-order chi connectivity index (χ1) is 17.1. The van der Waals surface area contributed by atoms with Crippen LogP contribution < -0.4 is 10.2 Å². The molecular formula is C30H32N4O. The van der Waals surface area contributed by atoms with Gasteiger partial charge in [-0.25, -0.2) is 0 Å². The molecule has 178 valence electrons. The van der Waals surface area contributed by atoms with Gasteiger partial charge in [0.15, 0.2) is 0 Å². The van der Waals surface area contributed by atoms with Crippen molar-refractivity contribution in [2.24, 2.45) is 0 Å². The SMILES string of the molecule is Cc1nc2ccccc2c(C)c1CC(=O)Nc1ccc(N2CCN(Cc3ccccc3)CC2)cc1. The molecule has 0 saturated carbocycles. The van der Waals surface area contributed by atoms with Crippen molar-refractivity contribution >= 4 is 28.2 Å². The third-order valence-corrected chi connectivity index (χ3v) is 6.96. The lowest BCUT2D eigenvalue weighted by Gasteiger charge is -2.36. The van der Waals surface area contributed by atoms with Gasteiger partial charge in [-0.2, -0.15) is 0 Å². The number of amides is 1. The summed E-state index contributed by atoms with van der Waals surface area (Å²) in [6.45, 7) is 9.17. The second-order valence-electron chi connectivity index (χ2n) is 9.34. The Morgan fingerprint density at radius 1 is 0.857 bits per heavy atom. The van der Waals surface area contributed by atoms with Crippen LogP contribution in [0.4, 0.5) is 11.4 Å². The molecule has 1 aliphatic rings. The number of aromatic nitrogens is 1. The zero-order valence-electron chi connectivity index (χ0n) is 20.5. The molecule has 0 unspecified atom stereocenters.